The Labute approximate surface area is 80.5 Å². The molecule has 0 aliphatic carbocycles. The smallest absolute Gasteiger partial charge is 0.225 e. The first-order chi connectivity index (χ1) is 6.15. The molecule has 76 valence electrons. The molecule has 0 radical (unpaired) electrons. The zero-order valence-electron chi connectivity index (χ0n) is 8.84. The van der Waals surface area contributed by atoms with Crippen molar-refractivity contribution >= 4 is 5.91 Å². The summed E-state index contributed by atoms with van der Waals surface area (Å²) in [6, 6.07) is 0.446. The van der Waals surface area contributed by atoms with Crippen molar-refractivity contribution < 1.29 is 4.79 Å². The molecule has 2 atom stereocenters. The summed E-state index contributed by atoms with van der Waals surface area (Å²) in [5, 5.41) is 3.33. The number of hydrogen-bond donors (Lipinski definition) is 1. The first-order valence-electron chi connectivity index (χ1n) is 5.17. The summed E-state index contributed by atoms with van der Waals surface area (Å²) in [6.45, 7) is 8.86. The topological polar surface area (TPSA) is 32.3 Å². The van der Waals surface area contributed by atoms with Crippen LogP contribution in [0.1, 0.15) is 27.2 Å². The standard InChI is InChI=1S/C10H20N2O/c1-4-8(2)10(13)12-6-5-11-9(3)7-12/h8-9,11H,4-7H2,1-3H3. The maximum absolute atomic E-state index is 11.8. The van der Waals surface area contributed by atoms with Crippen molar-refractivity contribution in [2.75, 3.05) is 19.6 Å². The number of carbonyl (C=O) groups excluding carboxylic acids is 1. The van der Waals surface area contributed by atoms with Gasteiger partial charge in [0.25, 0.3) is 0 Å². The fourth-order valence-corrected chi connectivity index (χ4v) is 1.62. The first kappa shape index (κ1) is 10.5. The van der Waals surface area contributed by atoms with Crippen LogP contribution in [0.2, 0.25) is 0 Å². The lowest BCUT2D eigenvalue weighted by Crippen LogP contribution is -2.52. The number of nitrogens with zero attached hydrogens (tertiary/aromatic N) is 1. The van der Waals surface area contributed by atoms with Gasteiger partial charge < -0.3 is 10.2 Å². The zero-order valence-corrected chi connectivity index (χ0v) is 8.84. The molecule has 1 heterocycles. The van der Waals surface area contributed by atoms with Crippen LogP contribution in [-0.2, 0) is 4.79 Å². The van der Waals surface area contributed by atoms with E-state index in [0.717, 1.165) is 26.1 Å². The quantitative estimate of drug-likeness (QED) is 0.690. The maximum atomic E-state index is 11.8. The molecule has 2 unspecified atom stereocenters. The van der Waals surface area contributed by atoms with E-state index in [9.17, 15) is 4.79 Å². The first-order valence-corrected chi connectivity index (χ1v) is 5.17. The number of carbonyl (C=O) groups is 1. The van der Waals surface area contributed by atoms with Gasteiger partial charge in [-0.25, -0.2) is 0 Å². The van der Waals surface area contributed by atoms with E-state index in [-0.39, 0.29) is 5.92 Å². The monoisotopic (exact) mass is 184 g/mol. The third kappa shape index (κ3) is 2.69. The van der Waals surface area contributed by atoms with Crippen LogP contribution in [0.3, 0.4) is 0 Å². The van der Waals surface area contributed by atoms with E-state index >= 15 is 0 Å². The summed E-state index contributed by atoms with van der Waals surface area (Å²) in [5.41, 5.74) is 0. The van der Waals surface area contributed by atoms with Gasteiger partial charge in [-0.3, -0.25) is 4.79 Å². The second kappa shape index (κ2) is 4.61. The maximum Gasteiger partial charge on any atom is 0.225 e. The Kier molecular flexibility index (Phi) is 3.72. The zero-order chi connectivity index (χ0) is 9.84. The SMILES string of the molecule is CCC(C)C(=O)N1CCNC(C)C1. The number of hydrogen-bond acceptors (Lipinski definition) is 2. The van der Waals surface area contributed by atoms with Crippen LogP contribution in [-0.4, -0.2) is 36.5 Å². The largest absolute Gasteiger partial charge is 0.340 e. The third-order valence-corrected chi connectivity index (χ3v) is 2.71. The molecule has 3 nitrogen and oxygen atoms in total. The highest BCUT2D eigenvalue weighted by Crippen LogP contribution is 2.08. The second-order valence-corrected chi connectivity index (χ2v) is 3.95. The van der Waals surface area contributed by atoms with Crippen molar-refractivity contribution in [3.05, 3.63) is 0 Å². The van der Waals surface area contributed by atoms with Crippen molar-refractivity contribution in [2.45, 2.75) is 33.2 Å². The van der Waals surface area contributed by atoms with Crippen LogP contribution in [0.4, 0.5) is 0 Å². The number of nitrogens with one attached hydrogen (secondary N) is 1. The predicted octanol–water partition coefficient (Wildman–Crippen LogP) is 0.853. The minimum Gasteiger partial charge on any atom is -0.340 e. The molecule has 1 N–H and O–H groups in total. The molecule has 0 aromatic rings. The van der Waals surface area contributed by atoms with E-state index in [2.05, 4.69) is 19.2 Å². The van der Waals surface area contributed by atoms with E-state index in [1.54, 1.807) is 0 Å². The molecular weight excluding hydrogens is 164 g/mol. The normalized spacial score (nSPS) is 25.8. The number of amides is 1. The van der Waals surface area contributed by atoms with Crippen LogP contribution in [0, 0.1) is 5.92 Å². The molecule has 1 fully saturated rings. The van der Waals surface area contributed by atoms with E-state index in [0.29, 0.717) is 11.9 Å². The Morgan fingerprint density at radius 3 is 2.92 bits per heavy atom. The highest BCUT2D eigenvalue weighted by atomic mass is 16.2. The van der Waals surface area contributed by atoms with Gasteiger partial charge in [-0.2, -0.15) is 0 Å². The average molecular weight is 184 g/mol. The van der Waals surface area contributed by atoms with E-state index in [1.165, 1.54) is 0 Å². The summed E-state index contributed by atoms with van der Waals surface area (Å²) < 4.78 is 0. The van der Waals surface area contributed by atoms with Crippen molar-refractivity contribution in [1.29, 1.82) is 0 Å². The second-order valence-electron chi connectivity index (χ2n) is 3.95. The van der Waals surface area contributed by atoms with Gasteiger partial charge in [0.15, 0.2) is 0 Å². The average Bonchev–Trinajstić information content (AvgIpc) is 2.15. The highest BCUT2D eigenvalue weighted by Gasteiger charge is 2.23. The predicted molar refractivity (Wildman–Crippen MR) is 53.5 cm³/mol. The molecule has 0 aromatic heterocycles. The fraction of sp³-hybridized carbons (Fsp3) is 0.900. The van der Waals surface area contributed by atoms with Crippen molar-refractivity contribution in [1.82, 2.24) is 10.2 Å². The van der Waals surface area contributed by atoms with Gasteiger partial charge in [0.05, 0.1) is 0 Å². The molecule has 1 aliphatic heterocycles. The molecule has 0 bridgehead atoms. The summed E-state index contributed by atoms with van der Waals surface area (Å²) in [7, 11) is 0. The summed E-state index contributed by atoms with van der Waals surface area (Å²) in [4.78, 5) is 13.8. The Bertz CT molecular complexity index is 182. The van der Waals surface area contributed by atoms with Gasteiger partial charge >= 0.3 is 0 Å². The lowest BCUT2D eigenvalue weighted by atomic mass is 10.1. The van der Waals surface area contributed by atoms with Crippen LogP contribution in [0.15, 0.2) is 0 Å². The number of rotatable bonds is 2. The van der Waals surface area contributed by atoms with Gasteiger partial charge in [0.2, 0.25) is 5.91 Å². The molecule has 0 spiro atoms. The molecule has 3 heteroatoms. The molecule has 1 aliphatic rings. The third-order valence-electron chi connectivity index (χ3n) is 2.71. The Morgan fingerprint density at radius 2 is 2.38 bits per heavy atom. The lowest BCUT2D eigenvalue weighted by Gasteiger charge is -2.33. The molecule has 1 amide bonds. The summed E-state index contributed by atoms with van der Waals surface area (Å²) >= 11 is 0. The molecular formula is C10H20N2O. The molecule has 1 saturated heterocycles. The van der Waals surface area contributed by atoms with Crippen LogP contribution < -0.4 is 5.32 Å². The van der Waals surface area contributed by atoms with Crippen molar-refractivity contribution in [2.24, 2.45) is 5.92 Å². The van der Waals surface area contributed by atoms with E-state index in [4.69, 9.17) is 0 Å². The van der Waals surface area contributed by atoms with Gasteiger partial charge in [0, 0.05) is 31.6 Å². The van der Waals surface area contributed by atoms with Gasteiger partial charge in [-0.15, -0.1) is 0 Å². The summed E-state index contributed by atoms with van der Waals surface area (Å²) in [5.74, 6) is 0.501. The highest BCUT2D eigenvalue weighted by molar-refractivity contribution is 5.78. The van der Waals surface area contributed by atoms with Crippen LogP contribution in [0.5, 0.6) is 0 Å². The Hall–Kier alpha value is -0.570. The summed E-state index contributed by atoms with van der Waals surface area (Å²) in [6.07, 6.45) is 0.942. The molecule has 0 aromatic carbocycles. The van der Waals surface area contributed by atoms with Gasteiger partial charge in [-0.1, -0.05) is 13.8 Å². The van der Waals surface area contributed by atoms with Gasteiger partial charge in [0.1, 0.15) is 0 Å². The van der Waals surface area contributed by atoms with E-state index in [1.807, 2.05) is 11.8 Å². The minimum atomic E-state index is 0.185. The molecule has 0 saturated carbocycles. The van der Waals surface area contributed by atoms with Crippen LogP contribution in [0.25, 0.3) is 0 Å². The van der Waals surface area contributed by atoms with E-state index < -0.39 is 0 Å². The van der Waals surface area contributed by atoms with Crippen LogP contribution >= 0.6 is 0 Å². The van der Waals surface area contributed by atoms with Gasteiger partial charge in [-0.05, 0) is 13.3 Å². The Balaban J connectivity index is 2.46. The minimum absolute atomic E-state index is 0.185. The molecule has 1 rings (SSSR count). The van der Waals surface area contributed by atoms with Crippen molar-refractivity contribution in [3.8, 4) is 0 Å². The lowest BCUT2D eigenvalue weighted by molar-refractivity contribution is -0.136. The van der Waals surface area contributed by atoms with Crippen molar-refractivity contribution in [3.63, 3.8) is 0 Å². The Morgan fingerprint density at radius 1 is 1.69 bits per heavy atom. The number of piperazine rings is 1. The molecule has 13 heavy (non-hydrogen) atoms. The fourth-order valence-electron chi connectivity index (χ4n) is 1.62.